The normalized spacial score (nSPS) is 10.5. The first-order valence-electron chi connectivity index (χ1n) is 7.91. The van der Waals surface area contributed by atoms with Crippen LogP contribution in [0.5, 0.6) is 0 Å². The van der Waals surface area contributed by atoms with E-state index in [2.05, 4.69) is 20.6 Å². The van der Waals surface area contributed by atoms with Gasteiger partial charge in [0.2, 0.25) is 11.6 Å². The van der Waals surface area contributed by atoms with Crippen molar-refractivity contribution in [1.29, 1.82) is 0 Å². The minimum absolute atomic E-state index is 0.0529. The second-order valence-electron chi connectivity index (χ2n) is 5.80. The summed E-state index contributed by atoms with van der Waals surface area (Å²) in [5.74, 6) is 0.109. The summed E-state index contributed by atoms with van der Waals surface area (Å²) in [6, 6.07) is 10.5. The van der Waals surface area contributed by atoms with E-state index < -0.39 is 4.92 Å². The first-order valence-corrected chi connectivity index (χ1v) is 8.67. The fourth-order valence-electron chi connectivity index (χ4n) is 2.41. The number of nitrogens with one attached hydrogen (secondary N) is 2. The average molecular weight is 404 g/mol. The van der Waals surface area contributed by atoms with E-state index in [4.69, 9.17) is 23.2 Å². The predicted octanol–water partition coefficient (Wildman–Crippen LogP) is 5.80. The highest BCUT2D eigenvalue weighted by molar-refractivity contribution is 6.32. The molecule has 1 aromatic heterocycles. The number of anilines is 4. The smallest absolute Gasteiger partial charge is 0.334 e. The van der Waals surface area contributed by atoms with Crippen molar-refractivity contribution < 1.29 is 4.92 Å². The Balaban J connectivity index is 2.01. The Kier molecular flexibility index (Phi) is 5.43. The van der Waals surface area contributed by atoms with Crippen molar-refractivity contribution in [2.75, 3.05) is 10.6 Å². The Morgan fingerprint density at radius 1 is 1.00 bits per heavy atom. The lowest BCUT2D eigenvalue weighted by Gasteiger charge is -2.12. The number of nitro groups is 1. The number of rotatable bonds is 5. The standard InChI is InChI=1S/C18H15Cl2N5O2/c1-10-6-7-12(8-14(10)20)23-17-16(25(26)27)18(22-9-21-17)24-15-5-3-4-13(19)11(15)2/h3-9H,1-2H3,(H2,21,22,23,24). The van der Waals surface area contributed by atoms with Gasteiger partial charge in [0.05, 0.1) is 4.92 Å². The Morgan fingerprint density at radius 3 is 2.37 bits per heavy atom. The zero-order chi connectivity index (χ0) is 19.6. The van der Waals surface area contributed by atoms with Crippen LogP contribution in [0.1, 0.15) is 11.1 Å². The zero-order valence-electron chi connectivity index (χ0n) is 14.5. The lowest BCUT2D eigenvalue weighted by molar-refractivity contribution is -0.383. The first-order chi connectivity index (χ1) is 12.9. The molecule has 0 radical (unpaired) electrons. The number of aryl methyl sites for hydroxylation is 1. The van der Waals surface area contributed by atoms with Crippen LogP contribution in [-0.2, 0) is 0 Å². The van der Waals surface area contributed by atoms with Gasteiger partial charge in [-0.2, -0.15) is 0 Å². The van der Waals surface area contributed by atoms with E-state index in [9.17, 15) is 10.1 Å². The summed E-state index contributed by atoms with van der Waals surface area (Å²) in [6.07, 6.45) is 1.24. The van der Waals surface area contributed by atoms with Gasteiger partial charge in [-0.25, -0.2) is 9.97 Å². The second kappa shape index (κ2) is 7.77. The van der Waals surface area contributed by atoms with Gasteiger partial charge in [0.1, 0.15) is 6.33 Å². The van der Waals surface area contributed by atoms with Gasteiger partial charge in [0.25, 0.3) is 0 Å². The van der Waals surface area contributed by atoms with E-state index in [1.165, 1.54) is 6.33 Å². The molecule has 0 saturated heterocycles. The van der Waals surface area contributed by atoms with Crippen LogP contribution >= 0.6 is 23.2 Å². The van der Waals surface area contributed by atoms with Gasteiger partial charge >= 0.3 is 5.69 Å². The molecule has 0 bridgehead atoms. The molecular weight excluding hydrogens is 389 g/mol. The van der Waals surface area contributed by atoms with Crippen molar-refractivity contribution in [3.05, 3.63) is 74.0 Å². The molecule has 0 unspecified atom stereocenters. The van der Waals surface area contributed by atoms with E-state index in [0.29, 0.717) is 21.4 Å². The molecule has 27 heavy (non-hydrogen) atoms. The number of aromatic nitrogens is 2. The molecule has 3 aromatic rings. The molecule has 2 N–H and O–H groups in total. The second-order valence-corrected chi connectivity index (χ2v) is 6.62. The third-order valence-electron chi connectivity index (χ3n) is 3.96. The lowest BCUT2D eigenvalue weighted by atomic mass is 10.2. The topological polar surface area (TPSA) is 93.0 Å². The first kappa shape index (κ1) is 18.9. The number of hydrogen-bond donors (Lipinski definition) is 2. The molecule has 0 saturated carbocycles. The van der Waals surface area contributed by atoms with Gasteiger partial charge in [-0.1, -0.05) is 35.3 Å². The van der Waals surface area contributed by atoms with Crippen molar-refractivity contribution in [3.8, 4) is 0 Å². The minimum atomic E-state index is -0.541. The Labute approximate surface area is 165 Å². The SMILES string of the molecule is Cc1ccc(Nc2ncnc(Nc3cccc(Cl)c3C)c2[N+](=O)[O-])cc1Cl. The average Bonchev–Trinajstić information content (AvgIpc) is 2.62. The van der Waals surface area contributed by atoms with Crippen LogP contribution < -0.4 is 10.6 Å². The summed E-state index contributed by atoms with van der Waals surface area (Å²) in [5, 5.41) is 18.7. The monoisotopic (exact) mass is 403 g/mol. The fraction of sp³-hybridized carbons (Fsp3) is 0.111. The molecule has 138 valence electrons. The molecule has 0 aliphatic carbocycles. The van der Waals surface area contributed by atoms with E-state index in [1.54, 1.807) is 30.3 Å². The largest absolute Gasteiger partial charge is 0.353 e. The molecule has 2 aromatic carbocycles. The maximum atomic E-state index is 11.7. The maximum absolute atomic E-state index is 11.7. The van der Waals surface area contributed by atoms with Gasteiger partial charge in [-0.15, -0.1) is 0 Å². The van der Waals surface area contributed by atoms with Gasteiger partial charge < -0.3 is 10.6 Å². The Hall–Kier alpha value is -2.90. The highest BCUT2D eigenvalue weighted by Crippen LogP contribution is 2.35. The van der Waals surface area contributed by atoms with Gasteiger partial charge in [0.15, 0.2) is 0 Å². The summed E-state index contributed by atoms with van der Waals surface area (Å²) in [5.41, 5.74) is 2.57. The molecule has 0 spiro atoms. The van der Waals surface area contributed by atoms with Gasteiger partial charge in [0, 0.05) is 21.4 Å². The number of hydrogen-bond acceptors (Lipinski definition) is 6. The van der Waals surface area contributed by atoms with Crippen molar-refractivity contribution in [3.63, 3.8) is 0 Å². The Bertz CT molecular complexity index is 1030. The van der Waals surface area contributed by atoms with Crippen LogP contribution in [0.4, 0.5) is 28.7 Å². The summed E-state index contributed by atoms with van der Waals surface area (Å²) in [7, 11) is 0. The third-order valence-corrected chi connectivity index (χ3v) is 4.78. The van der Waals surface area contributed by atoms with Crippen LogP contribution in [0.25, 0.3) is 0 Å². The van der Waals surface area contributed by atoms with Gasteiger partial charge in [-0.3, -0.25) is 10.1 Å². The fourth-order valence-corrected chi connectivity index (χ4v) is 2.77. The molecular formula is C18H15Cl2N5O2. The number of halogens is 2. The van der Waals surface area contributed by atoms with Crippen molar-refractivity contribution >= 4 is 51.9 Å². The van der Waals surface area contributed by atoms with Crippen LogP contribution in [0.3, 0.4) is 0 Å². The molecule has 0 aliphatic rings. The summed E-state index contributed by atoms with van der Waals surface area (Å²) >= 11 is 12.2. The van der Waals surface area contributed by atoms with Crippen LogP contribution in [-0.4, -0.2) is 14.9 Å². The third kappa shape index (κ3) is 4.10. The van der Waals surface area contributed by atoms with Crippen LogP contribution in [0.2, 0.25) is 10.0 Å². The predicted molar refractivity (Wildman–Crippen MR) is 108 cm³/mol. The van der Waals surface area contributed by atoms with E-state index in [0.717, 1.165) is 11.1 Å². The zero-order valence-corrected chi connectivity index (χ0v) is 16.0. The number of benzene rings is 2. The summed E-state index contributed by atoms with van der Waals surface area (Å²) < 4.78 is 0. The summed E-state index contributed by atoms with van der Waals surface area (Å²) in [4.78, 5) is 19.2. The molecule has 0 amide bonds. The van der Waals surface area contributed by atoms with Crippen LogP contribution in [0, 0.1) is 24.0 Å². The molecule has 9 heteroatoms. The molecule has 0 atom stereocenters. The Morgan fingerprint density at radius 2 is 1.70 bits per heavy atom. The maximum Gasteiger partial charge on any atom is 0.353 e. The highest BCUT2D eigenvalue weighted by atomic mass is 35.5. The molecule has 7 nitrogen and oxygen atoms in total. The van der Waals surface area contributed by atoms with Crippen molar-refractivity contribution in [2.24, 2.45) is 0 Å². The lowest BCUT2D eigenvalue weighted by Crippen LogP contribution is -2.06. The van der Waals surface area contributed by atoms with Crippen LogP contribution in [0.15, 0.2) is 42.7 Å². The van der Waals surface area contributed by atoms with Gasteiger partial charge in [-0.05, 0) is 49.2 Å². The van der Waals surface area contributed by atoms with Crippen molar-refractivity contribution in [1.82, 2.24) is 9.97 Å². The van der Waals surface area contributed by atoms with E-state index >= 15 is 0 Å². The highest BCUT2D eigenvalue weighted by Gasteiger charge is 2.24. The molecule has 0 aliphatic heterocycles. The molecule has 3 rings (SSSR count). The van der Waals surface area contributed by atoms with E-state index in [1.807, 2.05) is 19.9 Å². The van der Waals surface area contributed by atoms with Crippen molar-refractivity contribution in [2.45, 2.75) is 13.8 Å². The van der Waals surface area contributed by atoms with E-state index in [-0.39, 0.29) is 17.3 Å². The number of nitrogens with zero attached hydrogens (tertiary/aromatic N) is 3. The molecule has 1 heterocycles. The molecule has 0 fully saturated rings. The quantitative estimate of drug-likeness (QED) is 0.413. The summed E-state index contributed by atoms with van der Waals surface area (Å²) in [6.45, 7) is 3.68. The minimum Gasteiger partial charge on any atom is -0.334 e.